The number of rotatable bonds is 3. The molecule has 1 aromatic heterocycles. The zero-order chi connectivity index (χ0) is 13.3. The second-order valence-electron chi connectivity index (χ2n) is 4.41. The summed E-state index contributed by atoms with van der Waals surface area (Å²) in [5.41, 5.74) is 4.39. The van der Waals surface area contributed by atoms with Crippen molar-refractivity contribution in [1.29, 1.82) is 0 Å². The summed E-state index contributed by atoms with van der Waals surface area (Å²) < 4.78 is 2.02. The second-order valence-corrected chi connectivity index (χ2v) is 4.41. The Morgan fingerprint density at radius 1 is 1.28 bits per heavy atom. The highest BCUT2D eigenvalue weighted by molar-refractivity contribution is 5.89. The van der Waals surface area contributed by atoms with E-state index in [9.17, 15) is 4.79 Å². The van der Waals surface area contributed by atoms with E-state index < -0.39 is 5.97 Å². The topological polar surface area (TPSA) is 42.2 Å². The van der Waals surface area contributed by atoms with Gasteiger partial charge in [-0.3, -0.25) is 0 Å². The first kappa shape index (κ1) is 12.4. The van der Waals surface area contributed by atoms with Gasteiger partial charge in [0.2, 0.25) is 0 Å². The SMILES string of the molecule is CCc1ccccc1-n1c(C)cc(C(=O)O)c1C. The number of carbonyl (C=O) groups is 1. The van der Waals surface area contributed by atoms with Crippen LogP contribution >= 0.6 is 0 Å². The average Bonchev–Trinajstić information content (AvgIpc) is 2.65. The summed E-state index contributed by atoms with van der Waals surface area (Å²) in [6.45, 7) is 5.89. The van der Waals surface area contributed by atoms with E-state index in [1.165, 1.54) is 5.56 Å². The molecule has 0 unspecified atom stereocenters. The number of aromatic nitrogens is 1. The van der Waals surface area contributed by atoms with Gasteiger partial charge in [0, 0.05) is 17.1 Å². The van der Waals surface area contributed by atoms with Gasteiger partial charge in [-0.2, -0.15) is 0 Å². The summed E-state index contributed by atoms with van der Waals surface area (Å²) in [7, 11) is 0. The van der Waals surface area contributed by atoms with Crippen molar-refractivity contribution in [3.05, 3.63) is 52.8 Å². The number of carboxylic acid groups (broad SMARTS) is 1. The monoisotopic (exact) mass is 243 g/mol. The molecule has 94 valence electrons. The van der Waals surface area contributed by atoms with Crippen LogP contribution in [0.15, 0.2) is 30.3 Å². The Balaban J connectivity index is 2.68. The normalized spacial score (nSPS) is 10.6. The van der Waals surface area contributed by atoms with E-state index in [4.69, 9.17) is 5.11 Å². The third-order valence-corrected chi connectivity index (χ3v) is 3.27. The molecule has 2 rings (SSSR count). The summed E-state index contributed by atoms with van der Waals surface area (Å²) in [5.74, 6) is -0.872. The Hall–Kier alpha value is -2.03. The Labute approximate surface area is 107 Å². The third kappa shape index (κ3) is 1.92. The molecule has 0 spiro atoms. The number of hydrogen-bond acceptors (Lipinski definition) is 1. The number of nitrogens with zero attached hydrogens (tertiary/aromatic N) is 1. The fourth-order valence-electron chi connectivity index (χ4n) is 2.38. The quantitative estimate of drug-likeness (QED) is 0.898. The van der Waals surface area contributed by atoms with Gasteiger partial charge >= 0.3 is 5.97 Å². The van der Waals surface area contributed by atoms with Crippen LogP contribution in [0.4, 0.5) is 0 Å². The van der Waals surface area contributed by atoms with Crippen LogP contribution in [0.3, 0.4) is 0 Å². The van der Waals surface area contributed by atoms with Crippen molar-refractivity contribution < 1.29 is 9.90 Å². The molecule has 0 aliphatic carbocycles. The molecule has 0 amide bonds. The van der Waals surface area contributed by atoms with Gasteiger partial charge in [0.15, 0.2) is 0 Å². The predicted molar refractivity (Wildman–Crippen MR) is 71.6 cm³/mol. The molecule has 0 saturated carbocycles. The fourth-order valence-corrected chi connectivity index (χ4v) is 2.38. The van der Waals surface area contributed by atoms with E-state index in [1.54, 1.807) is 6.07 Å². The van der Waals surface area contributed by atoms with E-state index in [0.717, 1.165) is 23.5 Å². The zero-order valence-electron chi connectivity index (χ0n) is 10.9. The van der Waals surface area contributed by atoms with Crippen LogP contribution in [-0.2, 0) is 6.42 Å². The van der Waals surface area contributed by atoms with Gasteiger partial charge in [-0.1, -0.05) is 25.1 Å². The van der Waals surface area contributed by atoms with Crippen molar-refractivity contribution in [2.75, 3.05) is 0 Å². The van der Waals surface area contributed by atoms with E-state index in [2.05, 4.69) is 13.0 Å². The lowest BCUT2D eigenvalue weighted by molar-refractivity contribution is 0.0696. The van der Waals surface area contributed by atoms with Crippen LogP contribution in [0.1, 0.15) is 34.2 Å². The van der Waals surface area contributed by atoms with Gasteiger partial charge in [0.25, 0.3) is 0 Å². The van der Waals surface area contributed by atoms with E-state index in [0.29, 0.717) is 5.56 Å². The average molecular weight is 243 g/mol. The molecule has 3 heteroatoms. The zero-order valence-corrected chi connectivity index (χ0v) is 10.9. The number of benzene rings is 1. The molecule has 2 aromatic rings. The molecule has 18 heavy (non-hydrogen) atoms. The second kappa shape index (κ2) is 4.69. The first-order valence-electron chi connectivity index (χ1n) is 6.06. The minimum Gasteiger partial charge on any atom is -0.478 e. The van der Waals surface area contributed by atoms with Crippen molar-refractivity contribution in [2.45, 2.75) is 27.2 Å². The van der Waals surface area contributed by atoms with Crippen molar-refractivity contribution >= 4 is 5.97 Å². The summed E-state index contributed by atoms with van der Waals surface area (Å²) in [5, 5.41) is 9.16. The molecule has 0 bridgehead atoms. The van der Waals surface area contributed by atoms with Gasteiger partial charge in [-0.05, 0) is 38.0 Å². The lowest BCUT2D eigenvalue weighted by Gasteiger charge is -2.13. The molecular weight excluding hydrogens is 226 g/mol. The van der Waals surface area contributed by atoms with Crippen LogP contribution < -0.4 is 0 Å². The molecule has 0 atom stereocenters. The summed E-state index contributed by atoms with van der Waals surface area (Å²) in [4.78, 5) is 11.2. The molecule has 0 fully saturated rings. The highest BCUT2D eigenvalue weighted by atomic mass is 16.4. The minimum atomic E-state index is -0.872. The number of para-hydroxylation sites is 1. The van der Waals surface area contributed by atoms with Gasteiger partial charge in [-0.15, -0.1) is 0 Å². The molecule has 0 saturated heterocycles. The Morgan fingerprint density at radius 3 is 2.50 bits per heavy atom. The molecule has 0 radical (unpaired) electrons. The minimum absolute atomic E-state index is 0.374. The maximum atomic E-state index is 11.2. The highest BCUT2D eigenvalue weighted by Crippen LogP contribution is 2.23. The summed E-state index contributed by atoms with van der Waals surface area (Å²) in [6.07, 6.45) is 0.926. The number of aromatic carboxylic acids is 1. The first-order chi connectivity index (χ1) is 8.56. The summed E-state index contributed by atoms with van der Waals surface area (Å²) in [6, 6.07) is 9.83. The Bertz CT molecular complexity index is 597. The van der Waals surface area contributed by atoms with Crippen LogP contribution in [0.5, 0.6) is 0 Å². The molecule has 1 heterocycles. The van der Waals surface area contributed by atoms with Crippen molar-refractivity contribution in [2.24, 2.45) is 0 Å². The number of hydrogen-bond donors (Lipinski definition) is 1. The first-order valence-corrected chi connectivity index (χ1v) is 6.06. The van der Waals surface area contributed by atoms with Gasteiger partial charge in [0.1, 0.15) is 0 Å². The van der Waals surface area contributed by atoms with Gasteiger partial charge < -0.3 is 9.67 Å². The number of carboxylic acids is 1. The van der Waals surface area contributed by atoms with E-state index >= 15 is 0 Å². The van der Waals surface area contributed by atoms with Gasteiger partial charge in [-0.25, -0.2) is 4.79 Å². The maximum Gasteiger partial charge on any atom is 0.337 e. The standard InChI is InChI=1S/C15H17NO2/c1-4-12-7-5-6-8-14(12)16-10(2)9-13(11(16)3)15(17)18/h5-9H,4H2,1-3H3,(H,17,18). The van der Waals surface area contributed by atoms with E-state index in [1.807, 2.05) is 36.6 Å². The Kier molecular flexibility index (Phi) is 3.24. The lowest BCUT2D eigenvalue weighted by atomic mass is 10.1. The molecule has 1 aromatic carbocycles. The fraction of sp³-hybridized carbons (Fsp3) is 0.267. The number of aryl methyl sites for hydroxylation is 2. The van der Waals surface area contributed by atoms with Crippen molar-refractivity contribution in [3.63, 3.8) is 0 Å². The van der Waals surface area contributed by atoms with Crippen LogP contribution in [0, 0.1) is 13.8 Å². The maximum absolute atomic E-state index is 11.2. The smallest absolute Gasteiger partial charge is 0.337 e. The van der Waals surface area contributed by atoms with Gasteiger partial charge in [0.05, 0.1) is 5.56 Å². The molecular formula is C15H17NO2. The molecule has 0 aliphatic rings. The largest absolute Gasteiger partial charge is 0.478 e. The van der Waals surface area contributed by atoms with Crippen LogP contribution in [-0.4, -0.2) is 15.6 Å². The predicted octanol–water partition coefficient (Wildman–Crippen LogP) is 3.35. The summed E-state index contributed by atoms with van der Waals surface area (Å²) >= 11 is 0. The van der Waals surface area contributed by atoms with E-state index in [-0.39, 0.29) is 0 Å². The van der Waals surface area contributed by atoms with Crippen LogP contribution in [0.2, 0.25) is 0 Å². The third-order valence-electron chi connectivity index (χ3n) is 3.27. The molecule has 3 nitrogen and oxygen atoms in total. The van der Waals surface area contributed by atoms with Crippen molar-refractivity contribution in [3.8, 4) is 5.69 Å². The van der Waals surface area contributed by atoms with Crippen molar-refractivity contribution in [1.82, 2.24) is 4.57 Å². The molecule has 0 aliphatic heterocycles. The van der Waals surface area contributed by atoms with Crippen LogP contribution in [0.25, 0.3) is 5.69 Å². The highest BCUT2D eigenvalue weighted by Gasteiger charge is 2.16. The molecule has 1 N–H and O–H groups in total. The Morgan fingerprint density at radius 2 is 1.94 bits per heavy atom. The lowest BCUT2D eigenvalue weighted by Crippen LogP contribution is -2.04.